The van der Waals surface area contributed by atoms with Gasteiger partial charge < -0.3 is 5.32 Å². The lowest BCUT2D eigenvalue weighted by Gasteiger charge is -2.08. The van der Waals surface area contributed by atoms with E-state index >= 15 is 0 Å². The Bertz CT molecular complexity index is 322. The molecule has 1 rings (SSSR count). The van der Waals surface area contributed by atoms with E-state index in [2.05, 4.69) is 11.6 Å². The van der Waals surface area contributed by atoms with Gasteiger partial charge in [-0.25, -0.2) is 0 Å². The molecule has 0 saturated carbocycles. The van der Waals surface area contributed by atoms with Crippen molar-refractivity contribution in [3.05, 3.63) is 35.4 Å². The second-order valence-electron chi connectivity index (χ2n) is 3.72. The van der Waals surface area contributed by atoms with Crippen molar-refractivity contribution in [3.8, 4) is 0 Å². The maximum Gasteiger partial charge on any atom is 0.416 e. The second kappa shape index (κ2) is 6.91. The maximum absolute atomic E-state index is 12.3. The molecule has 96 valence electrons. The molecule has 0 amide bonds. The van der Waals surface area contributed by atoms with Crippen molar-refractivity contribution < 1.29 is 13.2 Å². The Morgan fingerprint density at radius 2 is 1.82 bits per heavy atom. The number of halogens is 3. The number of alkyl halides is 3. The van der Waals surface area contributed by atoms with E-state index in [1.54, 1.807) is 11.8 Å². The number of hydrogen-bond acceptors (Lipinski definition) is 2. The number of thioether (sulfide) groups is 1. The summed E-state index contributed by atoms with van der Waals surface area (Å²) in [5.41, 5.74) is 0.283. The average molecular weight is 263 g/mol. The van der Waals surface area contributed by atoms with Gasteiger partial charge in [0.15, 0.2) is 0 Å². The van der Waals surface area contributed by atoms with E-state index in [1.807, 2.05) is 0 Å². The number of benzene rings is 1. The van der Waals surface area contributed by atoms with Gasteiger partial charge in [0, 0.05) is 6.54 Å². The minimum atomic E-state index is -4.25. The number of rotatable bonds is 6. The van der Waals surface area contributed by atoms with Gasteiger partial charge in [0.2, 0.25) is 0 Å². The van der Waals surface area contributed by atoms with Crippen LogP contribution in [0.15, 0.2) is 24.3 Å². The largest absolute Gasteiger partial charge is 0.416 e. The van der Waals surface area contributed by atoms with Crippen LogP contribution in [-0.2, 0) is 12.7 Å². The summed E-state index contributed by atoms with van der Waals surface area (Å²) in [6.45, 7) is 1.51. The van der Waals surface area contributed by atoms with Crippen LogP contribution < -0.4 is 5.32 Å². The quantitative estimate of drug-likeness (QED) is 0.788. The smallest absolute Gasteiger partial charge is 0.313 e. The first-order valence-corrected chi connectivity index (χ1v) is 6.79. The maximum atomic E-state index is 12.3. The number of nitrogens with one attached hydrogen (secondary N) is 1. The van der Waals surface area contributed by atoms with E-state index in [1.165, 1.54) is 12.1 Å². The highest BCUT2D eigenvalue weighted by atomic mass is 32.2. The van der Waals surface area contributed by atoms with Crippen molar-refractivity contribution >= 4 is 11.8 Å². The van der Waals surface area contributed by atoms with E-state index in [9.17, 15) is 13.2 Å². The van der Waals surface area contributed by atoms with E-state index in [-0.39, 0.29) is 0 Å². The first kappa shape index (κ1) is 14.4. The lowest BCUT2D eigenvalue weighted by atomic mass is 10.1. The lowest BCUT2D eigenvalue weighted by Crippen LogP contribution is -2.15. The monoisotopic (exact) mass is 263 g/mol. The minimum absolute atomic E-state index is 0.594. The van der Waals surface area contributed by atoms with Crippen LogP contribution in [0.25, 0.3) is 0 Å². The van der Waals surface area contributed by atoms with Crippen molar-refractivity contribution in [2.45, 2.75) is 19.1 Å². The summed E-state index contributed by atoms with van der Waals surface area (Å²) in [5.74, 6) is 1.10. The summed E-state index contributed by atoms with van der Waals surface area (Å²) in [6.07, 6.45) is -1.12. The molecule has 0 aliphatic heterocycles. The van der Waals surface area contributed by atoms with Gasteiger partial charge in [-0.15, -0.1) is 0 Å². The molecule has 0 atom stereocenters. The molecule has 5 heteroatoms. The molecule has 0 aliphatic rings. The van der Waals surface area contributed by atoms with Crippen molar-refractivity contribution in [1.29, 1.82) is 0 Å². The molecule has 0 fully saturated rings. The molecule has 0 radical (unpaired) electrons. The Balaban J connectivity index is 2.36. The van der Waals surface area contributed by atoms with Crippen molar-refractivity contribution in [3.63, 3.8) is 0 Å². The predicted molar refractivity (Wildman–Crippen MR) is 66.1 cm³/mol. The zero-order valence-electron chi connectivity index (χ0n) is 9.68. The summed E-state index contributed by atoms with van der Waals surface area (Å²) in [4.78, 5) is 0. The van der Waals surface area contributed by atoms with Crippen molar-refractivity contribution in [1.82, 2.24) is 5.32 Å². The van der Waals surface area contributed by atoms with Gasteiger partial charge in [-0.1, -0.05) is 12.1 Å². The molecule has 1 N–H and O–H groups in total. The second-order valence-corrected chi connectivity index (χ2v) is 4.70. The predicted octanol–water partition coefficient (Wildman–Crippen LogP) is 3.55. The van der Waals surface area contributed by atoms with Crippen LogP contribution in [-0.4, -0.2) is 18.6 Å². The summed E-state index contributed by atoms with van der Waals surface area (Å²) in [7, 11) is 0. The third-order valence-corrected chi connectivity index (χ3v) is 3.01. The van der Waals surface area contributed by atoms with Crippen LogP contribution in [0.1, 0.15) is 17.5 Å². The highest BCUT2D eigenvalue weighted by molar-refractivity contribution is 7.98. The van der Waals surface area contributed by atoms with Crippen LogP contribution in [0.3, 0.4) is 0 Å². The van der Waals surface area contributed by atoms with Gasteiger partial charge in [0.05, 0.1) is 5.56 Å². The average Bonchev–Trinajstić information content (AvgIpc) is 2.28. The van der Waals surface area contributed by atoms with Crippen molar-refractivity contribution in [2.75, 3.05) is 18.6 Å². The summed E-state index contributed by atoms with van der Waals surface area (Å²) < 4.78 is 36.9. The zero-order valence-corrected chi connectivity index (χ0v) is 10.5. The molecular weight excluding hydrogens is 247 g/mol. The van der Waals surface area contributed by atoms with Gasteiger partial charge in [0.1, 0.15) is 0 Å². The third-order valence-electron chi connectivity index (χ3n) is 2.31. The molecule has 0 bridgehead atoms. The molecular formula is C12H16F3NS. The molecule has 0 saturated heterocycles. The fraction of sp³-hybridized carbons (Fsp3) is 0.500. The van der Waals surface area contributed by atoms with Gasteiger partial charge in [0.25, 0.3) is 0 Å². The normalized spacial score (nSPS) is 11.8. The van der Waals surface area contributed by atoms with E-state index < -0.39 is 11.7 Å². The Morgan fingerprint density at radius 1 is 1.18 bits per heavy atom. The highest BCUT2D eigenvalue weighted by Crippen LogP contribution is 2.28. The topological polar surface area (TPSA) is 12.0 Å². The number of hydrogen-bond donors (Lipinski definition) is 1. The molecule has 0 aliphatic carbocycles. The molecule has 0 unspecified atom stereocenters. The standard InChI is InChI=1S/C12H16F3NS/c1-17-8-2-7-16-9-10-3-5-11(6-4-10)12(13,14)15/h3-6,16H,2,7-9H2,1H3. The molecule has 1 aromatic carbocycles. The Kier molecular flexibility index (Phi) is 5.85. The van der Waals surface area contributed by atoms with E-state index in [0.717, 1.165) is 36.4 Å². The third kappa shape index (κ3) is 5.46. The molecule has 0 spiro atoms. The molecule has 0 aromatic heterocycles. The van der Waals surface area contributed by atoms with Gasteiger partial charge in [-0.05, 0) is 42.7 Å². The van der Waals surface area contributed by atoms with Gasteiger partial charge in [-0.3, -0.25) is 0 Å². The van der Waals surface area contributed by atoms with Crippen molar-refractivity contribution in [2.24, 2.45) is 0 Å². The van der Waals surface area contributed by atoms with Crippen LogP contribution in [0.2, 0.25) is 0 Å². The van der Waals surface area contributed by atoms with Gasteiger partial charge >= 0.3 is 6.18 Å². The summed E-state index contributed by atoms with van der Waals surface area (Å²) in [6, 6.07) is 5.28. The molecule has 1 aromatic rings. The molecule has 0 heterocycles. The first-order chi connectivity index (χ1) is 8.04. The van der Waals surface area contributed by atoms with Crippen LogP contribution in [0.5, 0.6) is 0 Å². The van der Waals surface area contributed by atoms with Crippen LogP contribution in [0, 0.1) is 0 Å². The minimum Gasteiger partial charge on any atom is -0.313 e. The summed E-state index contributed by atoms with van der Waals surface area (Å²) >= 11 is 1.79. The van der Waals surface area contributed by atoms with Crippen LogP contribution in [0.4, 0.5) is 13.2 Å². The van der Waals surface area contributed by atoms with Crippen LogP contribution >= 0.6 is 11.8 Å². The fourth-order valence-corrected chi connectivity index (χ4v) is 1.82. The van der Waals surface area contributed by atoms with E-state index in [4.69, 9.17) is 0 Å². The van der Waals surface area contributed by atoms with Gasteiger partial charge in [-0.2, -0.15) is 24.9 Å². The zero-order chi connectivity index (χ0) is 12.7. The Labute approximate surface area is 104 Å². The van der Waals surface area contributed by atoms with E-state index in [0.29, 0.717) is 6.54 Å². The highest BCUT2D eigenvalue weighted by Gasteiger charge is 2.29. The summed E-state index contributed by atoms with van der Waals surface area (Å²) in [5, 5.41) is 3.20. The lowest BCUT2D eigenvalue weighted by molar-refractivity contribution is -0.137. The fourth-order valence-electron chi connectivity index (χ4n) is 1.39. The first-order valence-electron chi connectivity index (χ1n) is 5.40. The molecule has 17 heavy (non-hydrogen) atoms. The SMILES string of the molecule is CSCCCNCc1ccc(C(F)(F)F)cc1. The Hall–Kier alpha value is -0.680. The molecule has 1 nitrogen and oxygen atoms in total. The Morgan fingerprint density at radius 3 is 2.35 bits per heavy atom.